The normalized spacial score (nSPS) is 17.5. The third-order valence-corrected chi connectivity index (χ3v) is 3.89. The van der Waals surface area contributed by atoms with Crippen LogP contribution in [-0.4, -0.2) is 10.6 Å². The highest BCUT2D eigenvalue weighted by atomic mass is 35.5. The molecule has 2 aromatic carbocycles. The van der Waals surface area contributed by atoms with Crippen LogP contribution in [-0.2, 0) is 0 Å². The molecule has 0 bridgehead atoms. The summed E-state index contributed by atoms with van der Waals surface area (Å²) in [4.78, 5) is 10.4. The van der Waals surface area contributed by atoms with Crippen LogP contribution >= 0.6 is 11.6 Å². The number of nitro benzene ring substituents is 1. The molecule has 0 aromatic heterocycles. The minimum Gasteiger partial charge on any atom is -0.258 e. The number of halogens is 1. The van der Waals surface area contributed by atoms with E-state index < -0.39 is 4.92 Å². The molecule has 0 aliphatic carbocycles. The molecule has 1 aliphatic heterocycles. The lowest BCUT2D eigenvalue weighted by Gasteiger charge is -2.24. The number of nitrogens with zero attached hydrogens (tertiary/aromatic N) is 3. The van der Waals surface area contributed by atoms with Crippen LogP contribution in [0.2, 0.25) is 5.02 Å². The Hall–Kier alpha value is -2.40. The van der Waals surface area contributed by atoms with Gasteiger partial charge in [-0.3, -0.25) is 15.1 Å². The third kappa shape index (κ3) is 2.80. The lowest BCUT2D eigenvalue weighted by Crippen LogP contribution is -2.18. The topological polar surface area (TPSA) is 58.7 Å². The second-order valence-corrected chi connectivity index (χ2v) is 5.66. The second-order valence-electron chi connectivity index (χ2n) is 5.22. The Balaban J connectivity index is 1.92. The van der Waals surface area contributed by atoms with Crippen LogP contribution in [0.5, 0.6) is 0 Å². The van der Waals surface area contributed by atoms with E-state index in [1.807, 2.05) is 36.2 Å². The number of hydrogen-bond donors (Lipinski definition) is 0. The molecular formula is C16H14ClN3O2. The van der Waals surface area contributed by atoms with Gasteiger partial charge in [-0.15, -0.1) is 0 Å². The fourth-order valence-electron chi connectivity index (χ4n) is 2.57. The summed E-state index contributed by atoms with van der Waals surface area (Å²) in [5.74, 6) is 0. The Labute approximate surface area is 133 Å². The van der Waals surface area contributed by atoms with E-state index in [2.05, 4.69) is 5.10 Å². The van der Waals surface area contributed by atoms with Crippen molar-refractivity contribution in [2.75, 3.05) is 5.01 Å². The van der Waals surface area contributed by atoms with Crippen LogP contribution < -0.4 is 5.01 Å². The fourth-order valence-corrected chi connectivity index (χ4v) is 2.70. The monoisotopic (exact) mass is 315 g/mol. The fraction of sp³-hybridized carbons (Fsp3) is 0.188. The van der Waals surface area contributed by atoms with Gasteiger partial charge >= 0.3 is 0 Å². The number of benzene rings is 2. The van der Waals surface area contributed by atoms with Crippen LogP contribution in [0.3, 0.4) is 0 Å². The zero-order valence-corrected chi connectivity index (χ0v) is 12.7. The van der Waals surface area contributed by atoms with Gasteiger partial charge in [0.25, 0.3) is 5.69 Å². The van der Waals surface area contributed by atoms with Crippen molar-refractivity contribution < 1.29 is 4.92 Å². The molecule has 0 N–H and O–H groups in total. The van der Waals surface area contributed by atoms with E-state index in [-0.39, 0.29) is 11.7 Å². The largest absolute Gasteiger partial charge is 0.269 e. The number of rotatable bonds is 3. The molecule has 6 heteroatoms. The van der Waals surface area contributed by atoms with E-state index >= 15 is 0 Å². The average Bonchev–Trinajstić information content (AvgIpc) is 2.90. The zero-order valence-electron chi connectivity index (χ0n) is 11.9. The van der Waals surface area contributed by atoms with Crippen LogP contribution in [0.25, 0.3) is 0 Å². The number of anilines is 1. The highest BCUT2D eigenvalue weighted by Crippen LogP contribution is 2.36. The smallest absolute Gasteiger partial charge is 0.258 e. The maximum Gasteiger partial charge on any atom is 0.269 e. The van der Waals surface area contributed by atoms with Crippen molar-refractivity contribution in [1.29, 1.82) is 0 Å². The highest BCUT2D eigenvalue weighted by molar-refractivity contribution is 6.30. The summed E-state index contributed by atoms with van der Waals surface area (Å²) in [6.45, 7) is 1.98. The molecule has 0 amide bonds. The molecule has 2 aromatic rings. The third-order valence-electron chi connectivity index (χ3n) is 3.64. The molecule has 0 saturated carbocycles. The molecule has 1 unspecified atom stereocenters. The van der Waals surface area contributed by atoms with Gasteiger partial charge in [0.05, 0.1) is 16.7 Å². The maximum atomic E-state index is 10.8. The molecule has 3 rings (SSSR count). The molecule has 1 heterocycles. The number of hydrogen-bond acceptors (Lipinski definition) is 4. The molecule has 0 saturated heterocycles. The van der Waals surface area contributed by atoms with Crippen LogP contribution in [0.4, 0.5) is 11.4 Å². The Morgan fingerprint density at radius 1 is 1.18 bits per heavy atom. The van der Waals surface area contributed by atoms with Crippen molar-refractivity contribution in [1.82, 2.24) is 0 Å². The first-order valence-corrected chi connectivity index (χ1v) is 7.25. The minimum atomic E-state index is -0.392. The standard InChI is InChI=1S/C16H14ClN3O2/c1-11-10-16(12-2-6-15(7-3-12)20(21)22)19(18-11)14-8-4-13(17)5-9-14/h2-9,16H,10H2,1H3. The van der Waals surface area contributed by atoms with Crippen molar-refractivity contribution in [3.05, 3.63) is 69.2 Å². The van der Waals surface area contributed by atoms with Gasteiger partial charge in [0.2, 0.25) is 0 Å². The van der Waals surface area contributed by atoms with Gasteiger partial charge < -0.3 is 0 Å². The molecule has 0 fully saturated rings. The summed E-state index contributed by atoms with van der Waals surface area (Å²) in [6, 6.07) is 14.2. The van der Waals surface area contributed by atoms with Crippen molar-refractivity contribution >= 4 is 28.7 Å². The lowest BCUT2D eigenvalue weighted by atomic mass is 10.0. The Morgan fingerprint density at radius 2 is 1.82 bits per heavy atom. The summed E-state index contributed by atoms with van der Waals surface area (Å²) in [6.07, 6.45) is 0.792. The molecule has 0 spiro atoms. The van der Waals surface area contributed by atoms with Gasteiger partial charge in [-0.25, -0.2) is 0 Å². The number of nitro groups is 1. The van der Waals surface area contributed by atoms with E-state index in [1.54, 1.807) is 12.1 Å². The van der Waals surface area contributed by atoms with E-state index in [0.29, 0.717) is 5.02 Å². The Bertz CT molecular complexity index is 726. The molecule has 1 aliphatic rings. The first-order valence-electron chi connectivity index (χ1n) is 6.88. The zero-order chi connectivity index (χ0) is 15.7. The van der Waals surface area contributed by atoms with E-state index in [0.717, 1.165) is 23.4 Å². The average molecular weight is 316 g/mol. The summed E-state index contributed by atoms with van der Waals surface area (Å²) < 4.78 is 0. The minimum absolute atomic E-state index is 0.0435. The maximum absolute atomic E-state index is 10.8. The Morgan fingerprint density at radius 3 is 2.41 bits per heavy atom. The summed E-state index contributed by atoms with van der Waals surface area (Å²) in [5.41, 5.74) is 3.07. The molecule has 1 atom stereocenters. The van der Waals surface area contributed by atoms with Gasteiger partial charge in [0.15, 0.2) is 0 Å². The van der Waals surface area contributed by atoms with Crippen LogP contribution in [0.15, 0.2) is 53.6 Å². The van der Waals surface area contributed by atoms with E-state index in [9.17, 15) is 10.1 Å². The first-order chi connectivity index (χ1) is 10.5. The van der Waals surface area contributed by atoms with Crippen molar-refractivity contribution in [3.63, 3.8) is 0 Å². The van der Waals surface area contributed by atoms with Crippen molar-refractivity contribution in [2.24, 2.45) is 5.10 Å². The van der Waals surface area contributed by atoms with Gasteiger partial charge in [0.1, 0.15) is 0 Å². The molecule has 112 valence electrons. The first kappa shape index (κ1) is 14.5. The number of hydrazone groups is 1. The summed E-state index contributed by atoms with van der Waals surface area (Å²) >= 11 is 5.93. The van der Waals surface area contributed by atoms with E-state index in [1.165, 1.54) is 12.1 Å². The summed E-state index contributed by atoms with van der Waals surface area (Å²) in [7, 11) is 0. The van der Waals surface area contributed by atoms with Gasteiger partial charge in [0, 0.05) is 29.3 Å². The Kier molecular flexibility index (Phi) is 3.81. The highest BCUT2D eigenvalue weighted by Gasteiger charge is 2.27. The quantitative estimate of drug-likeness (QED) is 0.615. The van der Waals surface area contributed by atoms with Crippen LogP contribution in [0, 0.1) is 10.1 Å². The van der Waals surface area contributed by atoms with Crippen LogP contribution in [0.1, 0.15) is 24.9 Å². The van der Waals surface area contributed by atoms with Crippen molar-refractivity contribution in [2.45, 2.75) is 19.4 Å². The predicted molar refractivity (Wildman–Crippen MR) is 87.5 cm³/mol. The van der Waals surface area contributed by atoms with Crippen molar-refractivity contribution in [3.8, 4) is 0 Å². The summed E-state index contributed by atoms with van der Waals surface area (Å²) in [5, 5.41) is 18.0. The second kappa shape index (κ2) is 5.77. The lowest BCUT2D eigenvalue weighted by molar-refractivity contribution is -0.384. The van der Waals surface area contributed by atoms with E-state index in [4.69, 9.17) is 11.6 Å². The predicted octanol–water partition coefficient (Wildman–Crippen LogP) is 4.58. The molecule has 5 nitrogen and oxygen atoms in total. The van der Waals surface area contributed by atoms with Gasteiger partial charge in [-0.1, -0.05) is 23.7 Å². The molecule has 22 heavy (non-hydrogen) atoms. The van der Waals surface area contributed by atoms with Gasteiger partial charge in [-0.05, 0) is 36.8 Å². The number of non-ortho nitro benzene ring substituents is 1. The van der Waals surface area contributed by atoms with Gasteiger partial charge in [-0.2, -0.15) is 5.10 Å². The molecule has 0 radical (unpaired) electrons. The SMILES string of the molecule is CC1=NN(c2ccc(Cl)cc2)C(c2ccc([N+](=O)[O-])cc2)C1. The molecular weight excluding hydrogens is 302 g/mol.